The minimum atomic E-state index is -0.904. The van der Waals surface area contributed by atoms with Crippen molar-refractivity contribution in [2.75, 3.05) is 40.3 Å². The van der Waals surface area contributed by atoms with Crippen LogP contribution in [-0.4, -0.2) is 67.2 Å². The van der Waals surface area contributed by atoms with Gasteiger partial charge in [-0.3, -0.25) is 4.79 Å². The number of carbonyl (C=O) groups excluding carboxylic acids is 1. The van der Waals surface area contributed by atoms with Gasteiger partial charge in [0.1, 0.15) is 0 Å². The molecule has 0 saturated heterocycles. The largest absolute Gasteiger partial charge is 0.481 e. The van der Waals surface area contributed by atoms with Crippen molar-refractivity contribution < 1.29 is 14.7 Å². The summed E-state index contributed by atoms with van der Waals surface area (Å²) in [5.74, 6) is -0.517. The highest BCUT2D eigenvalue weighted by Gasteiger charge is 2.14. The molecule has 106 valence electrons. The average molecular weight is 259 g/mol. The lowest BCUT2D eigenvalue weighted by Crippen LogP contribution is -2.45. The molecule has 2 N–H and O–H groups in total. The number of carbonyl (C=O) groups is 2. The van der Waals surface area contributed by atoms with E-state index >= 15 is 0 Å². The Kier molecular flexibility index (Phi) is 8.11. The van der Waals surface area contributed by atoms with Gasteiger partial charge in [-0.2, -0.15) is 0 Å². The molecule has 0 heterocycles. The van der Waals surface area contributed by atoms with Crippen LogP contribution in [0, 0.1) is 5.92 Å². The maximum atomic E-state index is 11.9. The van der Waals surface area contributed by atoms with E-state index in [1.807, 2.05) is 32.8 Å². The Labute approximate surface area is 109 Å². The lowest BCUT2D eigenvalue weighted by Gasteiger charge is -2.26. The highest BCUT2D eigenvalue weighted by Crippen LogP contribution is 1.99. The number of likely N-dealkylation sites (N-methyl/N-ethyl adjacent to an activating group) is 1. The first kappa shape index (κ1) is 16.7. The van der Waals surface area contributed by atoms with E-state index in [1.165, 1.54) is 0 Å². The number of urea groups is 1. The molecule has 0 bridgehead atoms. The summed E-state index contributed by atoms with van der Waals surface area (Å²) in [6.07, 6.45) is -0.0467. The van der Waals surface area contributed by atoms with E-state index in [1.54, 1.807) is 4.90 Å². The minimum Gasteiger partial charge on any atom is -0.481 e. The van der Waals surface area contributed by atoms with Crippen molar-refractivity contribution in [3.05, 3.63) is 0 Å². The van der Waals surface area contributed by atoms with Crippen LogP contribution in [0.1, 0.15) is 20.3 Å². The first-order valence-corrected chi connectivity index (χ1v) is 6.22. The Morgan fingerprint density at radius 3 is 2.28 bits per heavy atom. The number of hydrogen-bond acceptors (Lipinski definition) is 3. The van der Waals surface area contributed by atoms with Gasteiger partial charge in [0.05, 0.1) is 6.42 Å². The second-order valence-corrected chi connectivity index (χ2v) is 5.02. The molecule has 0 aliphatic carbocycles. The summed E-state index contributed by atoms with van der Waals surface area (Å²) in [6.45, 7) is 6.38. The molecule has 0 aromatic rings. The molecule has 0 saturated carbocycles. The maximum absolute atomic E-state index is 11.9. The summed E-state index contributed by atoms with van der Waals surface area (Å²) in [5.41, 5.74) is 0. The zero-order valence-electron chi connectivity index (χ0n) is 11.8. The van der Waals surface area contributed by atoms with Gasteiger partial charge in [-0.1, -0.05) is 13.8 Å². The molecule has 0 spiro atoms. The topological polar surface area (TPSA) is 72.9 Å². The Bertz CT molecular complexity index is 267. The van der Waals surface area contributed by atoms with E-state index < -0.39 is 5.97 Å². The fraction of sp³-hybridized carbons (Fsp3) is 0.833. The predicted molar refractivity (Wildman–Crippen MR) is 70.6 cm³/mol. The highest BCUT2D eigenvalue weighted by atomic mass is 16.4. The molecule has 0 aromatic heterocycles. The zero-order chi connectivity index (χ0) is 14.1. The van der Waals surface area contributed by atoms with Gasteiger partial charge >= 0.3 is 12.0 Å². The van der Waals surface area contributed by atoms with E-state index in [0.717, 1.165) is 6.54 Å². The quantitative estimate of drug-likeness (QED) is 0.672. The lowest BCUT2D eigenvalue weighted by atomic mass is 10.2. The Morgan fingerprint density at radius 1 is 1.22 bits per heavy atom. The summed E-state index contributed by atoms with van der Waals surface area (Å²) >= 11 is 0. The van der Waals surface area contributed by atoms with Crippen molar-refractivity contribution in [1.82, 2.24) is 15.1 Å². The second-order valence-electron chi connectivity index (χ2n) is 5.02. The van der Waals surface area contributed by atoms with Crippen molar-refractivity contribution >= 4 is 12.0 Å². The minimum absolute atomic E-state index is 0.0467. The standard InChI is InChI=1S/C12H25N3O3/c1-10(2)9-15(8-7-14(3)4)12(18)13-6-5-11(16)17/h10H,5-9H2,1-4H3,(H,13,18)(H,16,17). The number of hydrogen-bond donors (Lipinski definition) is 2. The number of amides is 2. The third-order valence-electron chi connectivity index (χ3n) is 2.30. The zero-order valence-corrected chi connectivity index (χ0v) is 11.8. The molecular formula is C12H25N3O3. The van der Waals surface area contributed by atoms with Gasteiger partial charge in [0.15, 0.2) is 0 Å². The van der Waals surface area contributed by atoms with Gasteiger partial charge in [-0.25, -0.2) is 4.79 Å². The number of nitrogens with zero attached hydrogens (tertiary/aromatic N) is 2. The van der Waals surface area contributed by atoms with Gasteiger partial charge in [0.2, 0.25) is 0 Å². The highest BCUT2D eigenvalue weighted by molar-refractivity contribution is 5.75. The van der Waals surface area contributed by atoms with Gasteiger partial charge in [0, 0.05) is 26.2 Å². The van der Waals surface area contributed by atoms with E-state index in [2.05, 4.69) is 5.32 Å². The van der Waals surface area contributed by atoms with Gasteiger partial charge in [-0.15, -0.1) is 0 Å². The van der Waals surface area contributed by atoms with E-state index in [0.29, 0.717) is 19.0 Å². The van der Waals surface area contributed by atoms with Crippen molar-refractivity contribution in [3.8, 4) is 0 Å². The molecule has 6 nitrogen and oxygen atoms in total. The van der Waals surface area contributed by atoms with Crippen LogP contribution in [0.2, 0.25) is 0 Å². The number of rotatable bonds is 8. The fourth-order valence-electron chi connectivity index (χ4n) is 1.43. The van der Waals surface area contributed by atoms with Crippen molar-refractivity contribution in [2.24, 2.45) is 5.92 Å². The van der Waals surface area contributed by atoms with Crippen LogP contribution < -0.4 is 5.32 Å². The molecule has 2 amide bonds. The van der Waals surface area contributed by atoms with Crippen molar-refractivity contribution in [3.63, 3.8) is 0 Å². The van der Waals surface area contributed by atoms with Crippen LogP contribution in [0.15, 0.2) is 0 Å². The number of nitrogens with one attached hydrogen (secondary N) is 1. The molecule has 0 aromatic carbocycles. The van der Waals surface area contributed by atoms with Gasteiger partial charge < -0.3 is 20.2 Å². The lowest BCUT2D eigenvalue weighted by molar-refractivity contribution is -0.136. The molecule has 0 fully saturated rings. The molecule has 0 rings (SSSR count). The first-order chi connectivity index (χ1) is 8.32. The van der Waals surface area contributed by atoms with Crippen LogP contribution in [0.4, 0.5) is 4.79 Å². The molecule has 0 radical (unpaired) electrons. The van der Waals surface area contributed by atoms with Crippen molar-refractivity contribution in [1.29, 1.82) is 0 Å². The first-order valence-electron chi connectivity index (χ1n) is 6.22. The Balaban J connectivity index is 4.17. The van der Waals surface area contributed by atoms with Crippen LogP contribution in [0.25, 0.3) is 0 Å². The number of carboxylic acid groups (broad SMARTS) is 1. The summed E-state index contributed by atoms with van der Waals surface area (Å²) < 4.78 is 0. The summed E-state index contributed by atoms with van der Waals surface area (Å²) in [7, 11) is 3.91. The van der Waals surface area contributed by atoms with Gasteiger partial charge in [-0.05, 0) is 20.0 Å². The third-order valence-corrected chi connectivity index (χ3v) is 2.30. The summed E-state index contributed by atoms with van der Waals surface area (Å²) in [4.78, 5) is 26.0. The summed E-state index contributed by atoms with van der Waals surface area (Å²) in [6, 6.07) is -0.188. The molecule has 0 aliphatic heterocycles. The SMILES string of the molecule is CC(C)CN(CCN(C)C)C(=O)NCCC(=O)O. The molecule has 0 aliphatic rings. The number of carboxylic acids is 1. The van der Waals surface area contributed by atoms with Crippen LogP contribution in [0.3, 0.4) is 0 Å². The molecular weight excluding hydrogens is 234 g/mol. The third kappa shape index (κ3) is 8.81. The smallest absolute Gasteiger partial charge is 0.317 e. The Morgan fingerprint density at radius 2 is 1.83 bits per heavy atom. The normalized spacial score (nSPS) is 10.8. The fourth-order valence-corrected chi connectivity index (χ4v) is 1.43. The van der Waals surface area contributed by atoms with Crippen LogP contribution >= 0.6 is 0 Å². The van der Waals surface area contributed by atoms with Crippen molar-refractivity contribution in [2.45, 2.75) is 20.3 Å². The number of aliphatic carboxylic acids is 1. The Hall–Kier alpha value is -1.30. The van der Waals surface area contributed by atoms with Crippen LogP contribution in [-0.2, 0) is 4.79 Å². The van der Waals surface area contributed by atoms with Gasteiger partial charge in [0.25, 0.3) is 0 Å². The van der Waals surface area contributed by atoms with Crippen LogP contribution in [0.5, 0.6) is 0 Å². The molecule has 18 heavy (non-hydrogen) atoms. The molecule has 6 heteroatoms. The van der Waals surface area contributed by atoms with E-state index in [4.69, 9.17) is 5.11 Å². The predicted octanol–water partition coefficient (Wildman–Crippen LogP) is 0.690. The van der Waals surface area contributed by atoms with E-state index in [-0.39, 0.29) is 19.0 Å². The van der Waals surface area contributed by atoms with E-state index in [9.17, 15) is 9.59 Å². The average Bonchev–Trinajstić information content (AvgIpc) is 2.22. The molecule has 0 unspecified atom stereocenters. The molecule has 0 atom stereocenters. The maximum Gasteiger partial charge on any atom is 0.317 e. The monoisotopic (exact) mass is 259 g/mol. The second kappa shape index (κ2) is 8.74. The summed E-state index contributed by atoms with van der Waals surface area (Å²) in [5, 5.41) is 11.1.